The molecular weight excluding hydrogens is 340 g/mol. The van der Waals surface area contributed by atoms with Crippen molar-refractivity contribution in [3.63, 3.8) is 0 Å². The van der Waals surface area contributed by atoms with Gasteiger partial charge in [0.25, 0.3) is 0 Å². The molecule has 2 saturated heterocycles. The molecule has 3 amide bonds. The van der Waals surface area contributed by atoms with Crippen molar-refractivity contribution in [2.45, 2.75) is 39.2 Å². The number of halogens is 2. The molecule has 0 radical (unpaired) electrons. The quantitative estimate of drug-likeness (QED) is 0.892. The van der Waals surface area contributed by atoms with Crippen LogP contribution in [-0.4, -0.2) is 47.9 Å². The van der Waals surface area contributed by atoms with E-state index in [-0.39, 0.29) is 24.0 Å². The van der Waals surface area contributed by atoms with E-state index < -0.39 is 17.0 Å². The van der Waals surface area contributed by atoms with Gasteiger partial charge in [0.05, 0.1) is 5.41 Å². The van der Waals surface area contributed by atoms with Crippen molar-refractivity contribution in [3.8, 4) is 0 Å². The molecular formula is C19H25F2N3O2. The Kier molecular flexibility index (Phi) is 5.44. The third-order valence-corrected chi connectivity index (χ3v) is 5.38. The van der Waals surface area contributed by atoms with Gasteiger partial charge >= 0.3 is 6.03 Å². The normalized spacial score (nSPS) is 23.0. The maximum Gasteiger partial charge on any atom is 0.317 e. The topological polar surface area (TPSA) is 52.7 Å². The molecule has 0 aliphatic carbocycles. The maximum absolute atomic E-state index is 14.0. The van der Waals surface area contributed by atoms with Crippen molar-refractivity contribution in [1.29, 1.82) is 0 Å². The van der Waals surface area contributed by atoms with Crippen LogP contribution in [0.1, 0.15) is 38.2 Å². The minimum atomic E-state index is -0.902. The SMILES string of the molecule is CCCNC(=O)N1CCC2(CCCN(Cc3cccc(F)c3F)C2=O)C1. The number of piperidine rings is 1. The van der Waals surface area contributed by atoms with E-state index in [2.05, 4.69) is 5.32 Å². The lowest BCUT2D eigenvalue weighted by molar-refractivity contribution is -0.146. The van der Waals surface area contributed by atoms with E-state index in [1.165, 1.54) is 12.1 Å². The first-order valence-corrected chi connectivity index (χ1v) is 9.22. The van der Waals surface area contributed by atoms with Crippen molar-refractivity contribution in [2.75, 3.05) is 26.2 Å². The summed E-state index contributed by atoms with van der Waals surface area (Å²) < 4.78 is 27.4. The second-order valence-corrected chi connectivity index (χ2v) is 7.23. The zero-order valence-corrected chi connectivity index (χ0v) is 15.1. The van der Waals surface area contributed by atoms with Crippen molar-refractivity contribution in [1.82, 2.24) is 15.1 Å². The van der Waals surface area contributed by atoms with E-state index in [0.717, 1.165) is 25.3 Å². The summed E-state index contributed by atoms with van der Waals surface area (Å²) in [7, 11) is 0. The molecule has 0 saturated carbocycles. The highest BCUT2D eigenvalue weighted by molar-refractivity contribution is 5.85. The lowest BCUT2D eigenvalue weighted by Crippen LogP contribution is -2.50. The summed E-state index contributed by atoms with van der Waals surface area (Å²) in [6, 6.07) is 3.89. The molecule has 3 rings (SSSR count). The third kappa shape index (κ3) is 3.52. The maximum atomic E-state index is 14.0. The molecule has 1 unspecified atom stereocenters. The Hall–Kier alpha value is -2.18. The zero-order chi connectivity index (χ0) is 18.7. The lowest BCUT2D eigenvalue weighted by atomic mass is 9.78. The fourth-order valence-corrected chi connectivity index (χ4v) is 3.95. The summed E-state index contributed by atoms with van der Waals surface area (Å²) in [6.07, 6.45) is 3.00. The average Bonchev–Trinajstić information content (AvgIpc) is 3.06. The van der Waals surface area contributed by atoms with Crippen LogP contribution in [0.4, 0.5) is 13.6 Å². The smallest absolute Gasteiger partial charge is 0.317 e. The Bertz CT molecular complexity index is 697. The number of amides is 3. The van der Waals surface area contributed by atoms with Crippen LogP contribution in [-0.2, 0) is 11.3 Å². The molecule has 0 aromatic heterocycles. The first kappa shape index (κ1) is 18.6. The van der Waals surface area contributed by atoms with Gasteiger partial charge < -0.3 is 15.1 Å². The standard InChI is InChI=1S/C19H25F2N3O2/c1-2-9-22-18(26)24-11-8-19(13-24)7-4-10-23(17(19)25)12-14-5-3-6-15(20)16(14)21/h3,5-6H,2,4,7-13H2,1H3,(H,22,26). The molecule has 2 fully saturated rings. The van der Waals surface area contributed by atoms with E-state index in [9.17, 15) is 18.4 Å². The zero-order valence-electron chi connectivity index (χ0n) is 15.1. The highest BCUT2D eigenvalue weighted by atomic mass is 19.2. The molecule has 1 aromatic carbocycles. The number of carbonyl (C=O) groups excluding carboxylic acids is 2. The van der Waals surface area contributed by atoms with Crippen LogP contribution in [0.2, 0.25) is 0 Å². The summed E-state index contributed by atoms with van der Waals surface area (Å²) >= 11 is 0. The Morgan fingerprint density at radius 3 is 2.85 bits per heavy atom. The molecule has 1 N–H and O–H groups in total. The van der Waals surface area contributed by atoms with Crippen molar-refractivity contribution < 1.29 is 18.4 Å². The monoisotopic (exact) mass is 365 g/mol. The fraction of sp³-hybridized carbons (Fsp3) is 0.579. The van der Waals surface area contributed by atoms with Crippen LogP contribution in [0.3, 0.4) is 0 Å². The van der Waals surface area contributed by atoms with Crippen LogP contribution in [0.5, 0.6) is 0 Å². The Morgan fingerprint density at radius 1 is 1.27 bits per heavy atom. The highest BCUT2D eigenvalue weighted by Crippen LogP contribution is 2.40. The van der Waals surface area contributed by atoms with Gasteiger partial charge in [0, 0.05) is 38.3 Å². The number of nitrogens with zero attached hydrogens (tertiary/aromatic N) is 2. The molecule has 1 aromatic rings. The molecule has 26 heavy (non-hydrogen) atoms. The number of hydrogen-bond donors (Lipinski definition) is 1. The van der Waals surface area contributed by atoms with Crippen molar-refractivity contribution in [2.24, 2.45) is 5.41 Å². The van der Waals surface area contributed by atoms with E-state index >= 15 is 0 Å². The number of hydrogen-bond acceptors (Lipinski definition) is 2. The number of rotatable bonds is 4. The van der Waals surface area contributed by atoms with E-state index in [1.807, 2.05) is 6.92 Å². The lowest BCUT2D eigenvalue weighted by Gasteiger charge is -2.39. The van der Waals surface area contributed by atoms with Crippen molar-refractivity contribution in [3.05, 3.63) is 35.4 Å². The molecule has 0 bridgehead atoms. The second-order valence-electron chi connectivity index (χ2n) is 7.23. The van der Waals surface area contributed by atoms with E-state index in [4.69, 9.17) is 0 Å². The Morgan fingerprint density at radius 2 is 2.08 bits per heavy atom. The number of benzene rings is 1. The number of likely N-dealkylation sites (tertiary alicyclic amines) is 2. The van der Waals surface area contributed by atoms with E-state index in [1.54, 1.807) is 9.80 Å². The fourth-order valence-electron chi connectivity index (χ4n) is 3.95. The highest BCUT2D eigenvalue weighted by Gasteiger charge is 2.49. The minimum Gasteiger partial charge on any atom is -0.338 e. The molecule has 142 valence electrons. The summed E-state index contributed by atoms with van der Waals surface area (Å²) in [5.41, 5.74) is -0.406. The van der Waals surface area contributed by atoms with Crippen LogP contribution >= 0.6 is 0 Å². The van der Waals surface area contributed by atoms with Gasteiger partial charge in [0.15, 0.2) is 11.6 Å². The summed E-state index contributed by atoms with van der Waals surface area (Å²) in [6.45, 7) is 4.12. The molecule has 7 heteroatoms. The summed E-state index contributed by atoms with van der Waals surface area (Å²) in [5.74, 6) is -1.86. The van der Waals surface area contributed by atoms with Gasteiger partial charge in [-0.3, -0.25) is 4.79 Å². The minimum absolute atomic E-state index is 0.0572. The first-order valence-electron chi connectivity index (χ1n) is 9.22. The van der Waals surface area contributed by atoms with Gasteiger partial charge in [0.2, 0.25) is 5.91 Å². The van der Waals surface area contributed by atoms with Crippen molar-refractivity contribution >= 4 is 11.9 Å². The Balaban J connectivity index is 1.70. The average molecular weight is 365 g/mol. The van der Waals surface area contributed by atoms with Crippen LogP contribution in [0.25, 0.3) is 0 Å². The summed E-state index contributed by atoms with van der Waals surface area (Å²) in [4.78, 5) is 28.6. The van der Waals surface area contributed by atoms with Crippen LogP contribution < -0.4 is 5.32 Å². The van der Waals surface area contributed by atoms with Crippen LogP contribution in [0.15, 0.2) is 18.2 Å². The molecule has 1 spiro atoms. The molecule has 2 heterocycles. The van der Waals surface area contributed by atoms with Crippen LogP contribution in [0, 0.1) is 17.0 Å². The largest absolute Gasteiger partial charge is 0.338 e. The van der Waals surface area contributed by atoms with Gasteiger partial charge in [-0.25, -0.2) is 13.6 Å². The number of urea groups is 1. The molecule has 1 atom stereocenters. The number of nitrogens with one attached hydrogen (secondary N) is 1. The molecule has 2 aliphatic heterocycles. The predicted molar refractivity (Wildman–Crippen MR) is 93.3 cm³/mol. The van der Waals surface area contributed by atoms with E-state index in [0.29, 0.717) is 32.6 Å². The predicted octanol–water partition coefficient (Wildman–Crippen LogP) is 2.90. The van der Waals surface area contributed by atoms with Gasteiger partial charge in [-0.15, -0.1) is 0 Å². The molecule has 5 nitrogen and oxygen atoms in total. The first-order chi connectivity index (χ1) is 12.5. The number of carbonyl (C=O) groups is 2. The second kappa shape index (κ2) is 7.60. The molecule has 2 aliphatic rings. The van der Waals surface area contributed by atoms with Gasteiger partial charge in [-0.1, -0.05) is 19.1 Å². The van der Waals surface area contributed by atoms with Gasteiger partial charge in [-0.2, -0.15) is 0 Å². The summed E-state index contributed by atoms with van der Waals surface area (Å²) in [5, 5.41) is 2.85. The van der Waals surface area contributed by atoms with Gasteiger partial charge in [0.1, 0.15) is 0 Å². The third-order valence-electron chi connectivity index (χ3n) is 5.38. The van der Waals surface area contributed by atoms with Gasteiger partial charge in [-0.05, 0) is 31.7 Å². The Labute approximate surface area is 152 Å².